The van der Waals surface area contributed by atoms with Crippen molar-refractivity contribution in [3.8, 4) is 5.75 Å². The van der Waals surface area contributed by atoms with Crippen molar-refractivity contribution < 1.29 is 18.7 Å². The SMILES string of the molecule is CC(=O)N1CCC(C(=O)N2CC(Oc3cc(C)oc(=O)c3)C2)CC1. The van der Waals surface area contributed by atoms with Gasteiger partial charge in [-0.05, 0) is 19.8 Å². The second-order valence-electron chi connectivity index (χ2n) is 6.49. The van der Waals surface area contributed by atoms with Gasteiger partial charge in [0.05, 0.1) is 19.2 Å². The van der Waals surface area contributed by atoms with Crippen LogP contribution in [0.5, 0.6) is 5.75 Å². The smallest absolute Gasteiger partial charge is 0.339 e. The average molecular weight is 334 g/mol. The third kappa shape index (κ3) is 3.60. The average Bonchev–Trinajstić information content (AvgIpc) is 2.49. The van der Waals surface area contributed by atoms with Crippen LogP contribution in [0.1, 0.15) is 25.5 Å². The first kappa shape index (κ1) is 16.5. The molecule has 0 atom stereocenters. The summed E-state index contributed by atoms with van der Waals surface area (Å²) in [6, 6.07) is 2.98. The summed E-state index contributed by atoms with van der Waals surface area (Å²) in [5.74, 6) is 1.19. The number of ether oxygens (including phenoxy) is 1. The number of nitrogens with zero attached hydrogens (tertiary/aromatic N) is 2. The lowest BCUT2D eigenvalue weighted by Crippen LogP contribution is -2.58. The van der Waals surface area contributed by atoms with E-state index in [1.54, 1.807) is 29.7 Å². The van der Waals surface area contributed by atoms with Crippen LogP contribution in [0, 0.1) is 12.8 Å². The van der Waals surface area contributed by atoms with E-state index < -0.39 is 5.63 Å². The molecule has 3 rings (SSSR count). The molecule has 0 aliphatic carbocycles. The summed E-state index contributed by atoms with van der Waals surface area (Å²) in [5, 5.41) is 0. The molecule has 3 heterocycles. The van der Waals surface area contributed by atoms with Crippen molar-refractivity contribution in [1.29, 1.82) is 0 Å². The topological polar surface area (TPSA) is 80.1 Å². The van der Waals surface area contributed by atoms with Gasteiger partial charge in [-0.1, -0.05) is 0 Å². The summed E-state index contributed by atoms with van der Waals surface area (Å²) in [6.07, 6.45) is 1.35. The molecule has 0 unspecified atom stereocenters. The standard InChI is InChI=1S/C17H22N2O5/c1-11-7-14(8-16(21)23-11)24-15-9-19(10-15)17(22)13-3-5-18(6-4-13)12(2)20/h7-8,13,15H,3-6,9-10H2,1-2H3. The van der Waals surface area contributed by atoms with Crippen LogP contribution in [0.25, 0.3) is 0 Å². The molecule has 1 aromatic rings. The second-order valence-corrected chi connectivity index (χ2v) is 6.49. The Balaban J connectivity index is 1.47. The zero-order valence-corrected chi connectivity index (χ0v) is 14.0. The van der Waals surface area contributed by atoms with Gasteiger partial charge in [0, 0.05) is 32.0 Å². The molecular weight excluding hydrogens is 312 g/mol. The lowest BCUT2D eigenvalue weighted by atomic mass is 9.93. The minimum atomic E-state index is -0.436. The van der Waals surface area contributed by atoms with Crippen LogP contribution in [0.3, 0.4) is 0 Å². The highest BCUT2D eigenvalue weighted by Crippen LogP contribution is 2.24. The zero-order chi connectivity index (χ0) is 17.3. The van der Waals surface area contributed by atoms with Gasteiger partial charge in [0.1, 0.15) is 17.6 Å². The maximum absolute atomic E-state index is 12.5. The van der Waals surface area contributed by atoms with Gasteiger partial charge < -0.3 is 19.0 Å². The number of piperidine rings is 1. The summed E-state index contributed by atoms with van der Waals surface area (Å²) in [4.78, 5) is 38.7. The molecule has 2 aliphatic heterocycles. The van der Waals surface area contributed by atoms with Gasteiger partial charge in [-0.25, -0.2) is 4.79 Å². The largest absolute Gasteiger partial charge is 0.486 e. The van der Waals surface area contributed by atoms with Crippen LogP contribution in [0.4, 0.5) is 0 Å². The van der Waals surface area contributed by atoms with E-state index in [4.69, 9.17) is 9.15 Å². The van der Waals surface area contributed by atoms with Gasteiger partial charge in [0.25, 0.3) is 0 Å². The summed E-state index contributed by atoms with van der Waals surface area (Å²) >= 11 is 0. The predicted molar refractivity (Wildman–Crippen MR) is 85.7 cm³/mol. The number of aryl methyl sites for hydroxylation is 1. The van der Waals surface area contributed by atoms with Crippen molar-refractivity contribution in [3.05, 3.63) is 28.3 Å². The van der Waals surface area contributed by atoms with Crippen molar-refractivity contribution in [2.45, 2.75) is 32.8 Å². The Hall–Kier alpha value is -2.31. The van der Waals surface area contributed by atoms with E-state index in [9.17, 15) is 14.4 Å². The van der Waals surface area contributed by atoms with Crippen molar-refractivity contribution in [1.82, 2.24) is 9.80 Å². The third-order valence-corrected chi connectivity index (χ3v) is 4.62. The van der Waals surface area contributed by atoms with Gasteiger partial charge in [0.2, 0.25) is 11.8 Å². The lowest BCUT2D eigenvalue weighted by Gasteiger charge is -2.42. The molecule has 2 aliphatic rings. The molecule has 0 bridgehead atoms. The van der Waals surface area contributed by atoms with E-state index >= 15 is 0 Å². The van der Waals surface area contributed by atoms with E-state index in [1.165, 1.54) is 6.07 Å². The monoisotopic (exact) mass is 334 g/mol. The number of amides is 2. The highest BCUT2D eigenvalue weighted by molar-refractivity contribution is 5.80. The second kappa shape index (κ2) is 6.67. The van der Waals surface area contributed by atoms with Gasteiger partial charge in [-0.2, -0.15) is 0 Å². The zero-order valence-electron chi connectivity index (χ0n) is 14.0. The normalized spacial score (nSPS) is 19.1. The molecule has 0 radical (unpaired) electrons. The van der Waals surface area contributed by atoms with E-state index in [0.29, 0.717) is 37.7 Å². The number of likely N-dealkylation sites (tertiary alicyclic amines) is 2. The fraction of sp³-hybridized carbons (Fsp3) is 0.588. The van der Waals surface area contributed by atoms with Crippen molar-refractivity contribution in [3.63, 3.8) is 0 Å². The van der Waals surface area contributed by atoms with Crippen LogP contribution in [0.15, 0.2) is 21.3 Å². The first-order chi connectivity index (χ1) is 11.4. The molecule has 0 saturated carbocycles. The first-order valence-corrected chi connectivity index (χ1v) is 8.25. The van der Waals surface area contributed by atoms with Crippen LogP contribution in [-0.2, 0) is 9.59 Å². The maximum Gasteiger partial charge on any atom is 0.339 e. The molecule has 2 saturated heterocycles. The van der Waals surface area contributed by atoms with Crippen LogP contribution in [-0.4, -0.2) is 53.9 Å². The summed E-state index contributed by atoms with van der Waals surface area (Å²) in [6.45, 7) is 5.62. The Morgan fingerprint density at radius 3 is 2.42 bits per heavy atom. The predicted octanol–water partition coefficient (Wildman–Crippen LogP) is 0.796. The maximum atomic E-state index is 12.5. The molecule has 7 nitrogen and oxygen atoms in total. The molecule has 24 heavy (non-hydrogen) atoms. The quantitative estimate of drug-likeness (QED) is 0.817. The van der Waals surface area contributed by atoms with E-state index in [-0.39, 0.29) is 23.8 Å². The Kier molecular flexibility index (Phi) is 4.59. The highest BCUT2D eigenvalue weighted by Gasteiger charge is 2.37. The Bertz CT molecular complexity index is 684. The summed E-state index contributed by atoms with van der Waals surface area (Å²) < 4.78 is 10.6. The molecule has 7 heteroatoms. The minimum absolute atomic E-state index is 0.00689. The first-order valence-electron chi connectivity index (χ1n) is 8.25. The van der Waals surface area contributed by atoms with E-state index in [1.807, 2.05) is 0 Å². The van der Waals surface area contributed by atoms with E-state index in [0.717, 1.165) is 12.8 Å². The fourth-order valence-electron chi connectivity index (χ4n) is 3.23. The third-order valence-electron chi connectivity index (χ3n) is 4.62. The van der Waals surface area contributed by atoms with Gasteiger partial charge in [-0.15, -0.1) is 0 Å². The van der Waals surface area contributed by atoms with Crippen LogP contribution in [0.2, 0.25) is 0 Å². The number of hydrogen-bond donors (Lipinski definition) is 0. The minimum Gasteiger partial charge on any atom is -0.486 e. The van der Waals surface area contributed by atoms with Gasteiger partial charge in [0.15, 0.2) is 0 Å². The number of hydrogen-bond acceptors (Lipinski definition) is 5. The lowest BCUT2D eigenvalue weighted by molar-refractivity contribution is -0.147. The van der Waals surface area contributed by atoms with Gasteiger partial charge in [-0.3, -0.25) is 9.59 Å². The molecule has 0 spiro atoms. The van der Waals surface area contributed by atoms with Crippen molar-refractivity contribution >= 4 is 11.8 Å². The number of carbonyl (C=O) groups is 2. The molecule has 2 fully saturated rings. The molecular formula is C17H22N2O5. The molecule has 130 valence electrons. The summed E-state index contributed by atoms with van der Waals surface area (Å²) in [5.41, 5.74) is -0.436. The fourth-order valence-corrected chi connectivity index (χ4v) is 3.23. The van der Waals surface area contributed by atoms with Crippen molar-refractivity contribution in [2.75, 3.05) is 26.2 Å². The van der Waals surface area contributed by atoms with Crippen LogP contribution >= 0.6 is 0 Å². The van der Waals surface area contributed by atoms with Crippen molar-refractivity contribution in [2.24, 2.45) is 5.92 Å². The molecule has 0 aromatic carbocycles. The Morgan fingerprint density at radius 2 is 1.83 bits per heavy atom. The molecule has 0 N–H and O–H groups in total. The van der Waals surface area contributed by atoms with Crippen LogP contribution < -0.4 is 10.4 Å². The molecule has 1 aromatic heterocycles. The Labute approximate surface area is 140 Å². The summed E-state index contributed by atoms with van der Waals surface area (Å²) in [7, 11) is 0. The molecule has 2 amide bonds. The van der Waals surface area contributed by atoms with Gasteiger partial charge >= 0.3 is 5.63 Å². The van der Waals surface area contributed by atoms with E-state index in [2.05, 4.69) is 0 Å². The number of rotatable bonds is 3. The Morgan fingerprint density at radius 1 is 1.17 bits per heavy atom. The number of carbonyl (C=O) groups excluding carboxylic acids is 2. The highest BCUT2D eigenvalue weighted by atomic mass is 16.5.